The monoisotopic (exact) mass is 242 g/mol. The van der Waals surface area contributed by atoms with Crippen LogP contribution in [0.1, 0.15) is 39.0 Å². The first-order chi connectivity index (χ1) is 7.78. The summed E-state index contributed by atoms with van der Waals surface area (Å²) in [5, 5.41) is 4.82. The molecule has 0 radical (unpaired) electrons. The fourth-order valence-corrected chi connectivity index (χ4v) is 4.26. The Balaban J connectivity index is 1.70. The van der Waals surface area contributed by atoms with Crippen molar-refractivity contribution < 1.29 is 0 Å². The standard InChI is InChI=1S/C13H26N2S/c1-3-16-13-7-6-11(9-13)14-12-5-4-8-15(2)10-12/h11-14H,3-10H2,1-2H3. The first-order valence-electron chi connectivity index (χ1n) is 6.84. The van der Waals surface area contributed by atoms with Crippen LogP contribution in [0.5, 0.6) is 0 Å². The molecule has 3 heteroatoms. The van der Waals surface area contributed by atoms with Gasteiger partial charge in [-0.3, -0.25) is 0 Å². The fraction of sp³-hybridized carbons (Fsp3) is 1.00. The normalized spacial score (nSPS) is 36.8. The van der Waals surface area contributed by atoms with Crippen molar-refractivity contribution in [3.63, 3.8) is 0 Å². The number of likely N-dealkylation sites (N-methyl/N-ethyl adjacent to an activating group) is 1. The summed E-state index contributed by atoms with van der Waals surface area (Å²) in [6.07, 6.45) is 6.98. The van der Waals surface area contributed by atoms with Gasteiger partial charge < -0.3 is 10.2 Å². The zero-order chi connectivity index (χ0) is 11.4. The molecule has 1 aliphatic carbocycles. The predicted octanol–water partition coefficient (Wildman–Crippen LogP) is 2.34. The van der Waals surface area contributed by atoms with Crippen LogP contribution in [0.4, 0.5) is 0 Å². The quantitative estimate of drug-likeness (QED) is 0.814. The number of hydrogen-bond donors (Lipinski definition) is 1. The molecule has 1 saturated heterocycles. The zero-order valence-electron chi connectivity index (χ0n) is 10.7. The van der Waals surface area contributed by atoms with Gasteiger partial charge in [0.05, 0.1) is 0 Å². The van der Waals surface area contributed by atoms with Crippen LogP contribution in [0.15, 0.2) is 0 Å². The molecule has 0 aromatic rings. The van der Waals surface area contributed by atoms with E-state index in [2.05, 4.69) is 35.9 Å². The number of thioether (sulfide) groups is 1. The Labute approximate surface area is 105 Å². The number of nitrogens with zero attached hydrogens (tertiary/aromatic N) is 1. The van der Waals surface area contributed by atoms with E-state index >= 15 is 0 Å². The second-order valence-corrected chi connectivity index (χ2v) is 6.93. The van der Waals surface area contributed by atoms with Crippen LogP contribution in [0.3, 0.4) is 0 Å². The molecular weight excluding hydrogens is 216 g/mol. The van der Waals surface area contributed by atoms with Crippen LogP contribution < -0.4 is 5.32 Å². The van der Waals surface area contributed by atoms with Crippen LogP contribution in [-0.2, 0) is 0 Å². The lowest BCUT2D eigenvalue weighted by Gasteiger charge is -2.32. The largest absolute Gasteiger partial charge is 0.310 e. The highest BCUT2D eigenvalue weighted by molar-refractivity contribution is 7.99. The first kappa shape index (κ1) is 12.7. The number of rotatable bonds is 4. The Hall–Kier alpha value is 0.270. The maximum Gasteiger partial charge on any atom is 0.0197 e. The summed E-state index contributed by atoms with van der Waals surface area (Å²) in [5.41, 5.74) is 0. The molecule has 1 aliphatic heterocycles. The van der Waals surface area contributed by atoms with Gasteiger partial charge in [0.25, 0.3) is 0 Å². The van der Waals surface area contributed by atoms with Crippen molar-refractivity contribution in [2.24, 2.45) is 0 Å². The molecule has 2 nitrogen and oxygen atoms in total. The Morgan fingerprint density at radius 3 is 2.88 bits per heavy atom. The van der Waals surface area contributed by atoms with Crippen molar-refractivity contribution in [2.45, 2.75) is 56.4 Å². The molecule has 3 atom stereocenters. The molecular formula is C13H26N2S. The summed E-state index contributed by atoms with van der Waals surface area (Å²) in [4.78, 5) is 2.47. The Morgan fingerprint density at radius 2 is 2.12 bits per heavy atom. The third-order valence-electron chi connectivity index (χ3n) is 3.88. The van der Waals surface area contributed by atoms with Gasteiger partial charge in [-0.05, 0) is 51.4 Å². The first-order valence-corrected chi connectivity index (χ1v) is 7.89. The van der Waals surface area contributed by atoms with E-state index in [0.29, 0.717) is 0 Å². The van der Waals surface area contributed by atoms with E-state index in [1.54, 1.807) is 0 Å². The second kappa shape index (κ2) is 6.27. The lowest BCUT2D eigenvalue weighted by atomic mass is 10.0. The molecule has 3 unspecified atom stereocenters. The van der Waals surface area contributed by atoms with E-state index in [4.69, 9.17) is 0 Å². The predicted molar refractivity (Wildman–Crippen MR) is 73.2 cm³/mol. The molecule has 1 N–H and O–H groups in total. The van der Waals surface area contributed by atoms with Crippen molar-refractivity contribution in [1.29, 1.82) is 0 Å². The van der Waals surface area contributed by atoms with Crippen molar-refractivity contribution in [2.75, 3.05) is 25.9 Å². The molecule has 1 heterocycles. The molecule has 2 rings (SSSR count). The topological polar surface area (TPSA) is 15.3 Å². The third-order valence-corrected chi connectivity index (χ3v) is 5.12. The molecule has 0 bridgehead atoms. The van der Waals surface area contributed by atoms with E-state index in [1.165, 1.54) is 50.9 Å². The third kappa shape index (κ3) is 3.64. The lowest BCUT2D eigenvalue weighted by molar-refractivity contribution is 0.216. The summed E-state index contributed by atoms with van der Waals surface area (Å²) >= 11 is 2.15. The van der Waals surface area contributed by atoms with E-state index in [-0.39, 0.29) is 0 Å². The van der Waals surface area contributed by atoms with Crippen LogP contribution in [0.25, 0.3) is 0 Å². The number of nitrogens with one attached hydrogen (secondary N) is 1. The maximum absolute atomic E-state index is 3.88. The zero-order valence-corrected chi connectivity index (χ0v) is 11.6. The summed E-state index contributed by atoms with van der Waals surface area (Å²) < 4.78 is 0. The van der Waals surface area contributed by atoms with Crippen LogP contribution in [0.2, 0.25) is 0 Å². The highest BCUT2D eigenvalue weighted by atomic mass is 32.2. The Morgan fingerprint density at radius 1 is 1.25 bits per heavy atom. The SMILES string of the molecule is CCSC1CCC(NC2CCCN(C)C2)C1. The van der Waals surface area contributed by atoms with E-state index in [0.717, 1.165) is 17.3 Å². The Bertz CT molecular complexity index is 210. The van der Waals surface area contributed by atoms with Gasteiger partial charge in [-0.2, -0.15) is 11.8 Å². The molecule has 0 aromatic heterocycles. The van der Waals surface area contributed by atoms with Gasteiger partial charge in [0, 0.05) is 23.9 Å². The van der Waals surface area contributed by atoms with Gasteiger partial charge in [0.2, 0.25) is 0 Å². The van der Waals surface area contributed by atoms with Crippen molar-refractivity contribution in [3.8, 4) is 0 Å². The molecule has 2 fully saturated rings. The van der Waals surface area contributed by atoms with Gasteiger partial charge in [0.15, 0.2) is 0 Å². The number of piperidine rings is 1. The van der Waals surface area contributed by atoms with Gasteiger partial charge in [-0.25, -0.2) is 0 Å². The van der Waals surface area contributed by atoms with Gasteiger partial charge in [-0.15, -0.1) is 0 Å². The van der Waals surface area contributed by atoms with E-state index in [9.17, 15) is 0 Å². The minimum atomic E-state index is 0.758. The highest BCUT2D eigenvalue weighted by Crippen LogP contribution is 2.30. The Kier molecular flexibility index (Phi) is 4.98. The minimum absolute atomic E-state index is 0.758. The van der Waals surface area contributed by atoms with Crippen LogP contribution >= 0.6 is 11.8 Å². The molecule has 0 aromatic carbocycles. The number of hydrogen-bond acceptors (Lipinski definition) is 3. The molecule has 16 heavy (non-hydrogen) atoms. The summed E-state index contributed by atoms with van der Waals surface area (Å²) in [6.45, 7) is 4.82. The highest BCUT2D eigenvalue weighted by Gasteiger charge is 2.27. The van der Waals surface area contributed by atoms with Crippen molar-refractivity contribution >= 4 is 11.8 Å². The molecule has 0 amide bonds. The minimum Gasteiger partial charge on any atom is -0.310 e. The van der Waals surface area contributed by atoms with Crippen molar-refractivity contribution in [3.05, 3.63) is 0 Å². The molecule has 94 valence electrons. The summed E-state index contributed by atoms with van der Waals surface area (Å²) in [5.74, 6) is 1.28. The van der Waals surface area contributed by atoms with Gasteiger partial charge in [0.1, 0.15) is 0 Å². The second-order valence-electron chi connectivity index (χ2n) is 5.36. The van der Waals surface area contributed by atoms with Gasteiger partial charge >= 0.3 is 0 Å². The van der Waals surface area contributed by atoms with E-state index < -0.39 is 0 Å². The van der Waals surface area contributed by atoms with Gasteiger partial charge in [-0.1, -0.05) is 6.92 Å². The molecule has 1 saturated carbocycles. The average Bonchev–Trinajstić information content (AvgIpc) is 2.66. The lowest BCUT2D eigenvalue weighted by Crippen LogP contribution is -2.47. The molecule has 0 spiro atoms. The van der Waals surface area contributed by atoms with Crippen molar-refractivity contribution in [1.82, 2.24) is 10.2 Å². The summed E-state index contributed by atoms with van der Waals surface area (Å²) in [7, 11) is 2.25. The summed E-state index contributed by atoms with van der Waals surface area (Å²) in [6, 6.07) is 1.56. The maximum atomic E-state index is 3.88. The fourth-order valence-electron chi connectivity index (χ4n) is 3.11. The smallest absolute Gasteiger partial charge is 0.0197 e. The molecule has 2 aliphatic rings. The number of likely N-dealkylation sites (tertiary alicyclic amines) is 1. The van der Waals surface area contributed by atoms with Crippen LogP contribution in [-0.4, -0.2) is 48.1 Å². The average molecular weight is 242 g/mol. The van der Waals surface area contributed by atoms with E-state index in [1.807, 2.05) is 0 Å². The van der Waals surface area contributed by atoms with Crippen LogP contribution in [0, 0.1) is 0 Å².